The van der Waals surface area contributed by atoms with Crippen LogP contribution in [0.25, 0.3) is 0 Å². The number of anilines is 1. The first-order chi connectivity index (χ1) is 9.19. The molecule has 3 rings (SSSR count). The molecule has 1 atom stereocenters. The molecule has 4 nitrogen and oxygen atoms in total. The molecule has 2 heterocycles. The maximum Gasteiger partial charge on any atom is 0.171 e. The van der Waals surface area contributed by atoms with Crippen LogP contribution in [0, 0.1) is 0 Å². The fraction of sp³-hybridized carbons (Fsp3) is 0.600. The quantitative estimate of drug-likeness (QED) is 0.887. The van der Waals surface area contributed by atoms with E-state index in [1.165, 1.54) is 5.69 Å². The number of hydrogen-bond donors (Lipinski definition) is 1. The Morgan fingerprint density at radius 2 is 1.68 bits per heavy atom. The van der Waals surface area contributed by atoms with E-state index in [-0.39, 0.29) is 5.79 Å². The zero-order valence-electron chi connectivity index (χ0n) is 11.3. The van der Waals surface area contributed by atoms with E-state index >= 15 is 0 Å². The van der Waals surface area contributed by atoms with Gasteiger partial charge < -0.3 is 19.5 Å². The molecule has 2 fully saturated rings. The SMILES string of the molecule is CC(O)c1ccc(N2CCC3(CC2)OCCO3)cc1. The van der Waals surface area contributed by atoms with Crippen LogP contribution in [-0.2, 0) is 9.47 Å². The Labute approximate surface area is 113 Å². The minimum absolute atomic E-state index is 0.309. The molecule has 0 saturated carbocycles. The van der Waals surface area contributed by atoms with Gasteiger partial charge in [0.25, 0.3) is 0 Å². The van der Waals surface area contributed by atoms with E-state index < -0.39 is 6.10 Å². The van der Waals surface area contributed by atoms with E-state index in [4.69, 9.17) is 9.47 Å². The Bertz CT molecular complexity index is 414. The summed E-state index contributed by atoms with van der Waals surface area (Å²) >= 11 is 0. The number of aliphatic hydroxyl groups excluding tert-OH is 1. The second kappa shape index (κ2) is 5.12. The van der Waals surface area contributed by atoms with E-state index in [9.17, 15) is 5.11 Å². The third kappa shape index (κ3) is 2.61. The largest absolute Gasteiger partial charge is 0.389 e. The highest BCUT2D eigenvalue weighted by Crippen LogP contribution is 2.33. The van der Waals surface area contributed by atoms with Crippen molar-refractivity contribution < 1.29 is 14.6 Å². The van der Waals surface area contributed by atoms with Crippen molar-refractivity contribution in [1.29, 1.82) is 0 Å². The van der Waals surface area contributed by atoms with Gasteiger partial charge in [0, 0.05) is 31.6 Å². The zero-order chi connectivity index (χ0) is 13.3. The third-order valence-electron chi connectivity index (χ3n) is 4.08. The van der Waals surface area contributed by atoms with Crippen molar-refractivity contribution in [3.63, 3.8) is 0 Å². The number of ether oxygens (including phenoxy) is 2. The maximum absolute atomic E-state index is 9.52. The lowest BCUT2D eigenvalue weighted by Gasteiger charge is -2.38. The fourth-order valence-electron chi connectivity index (χ4n) is 2.85. The van der Waals surface area contributed by atoms with Gasteiger partial charge in [0.1, 0.15) is 0 Å². The van der Waals surface area contributed by atoms with Crippen LogP contribution in [0.2, 0.25) is 0 Å². The number of rotatable bonds is 2. The molecule has 1 spiro atoms. The summed E-state index contributed by atoms with van der Waals surface area (Å²) in [7, 11) is 0. The van der Waals surface area contributed by atoms with E-state index in [0.717, 1.165) is 44.7 Å². The van der Waals surface area contributed by atoms with Crippen molar-refractivity contribution >= 4 is 5.69 Å². The number of piperidine rings is 1. The Hall–Kier alpha value is -1.10. The molecule has 2 aliphatic heterocycles. The molecule has 2 saturated heterocycles. The molecule has 0 aromatic heterocycles. The maximum atomic E-state index is 9.52. The molecule has 0 aliphatic carbocycles. The summed E-state index contributed by atoms with van der Waals surface area (Å²) in [6.45, 7) is 5.14. The zero-order valence-corrected chi connectivity index (χ0v) is 11.3. The summed E-state index contributed by atoms with van der Waals surface area (Å²) in [5, 5.41) is 9.52. The lowest BCUT2D eigenvalue weighted by Crippen LogP contribution is -2.45. The van der Waals surface area contributed by atoms with Crippen molar-refractivity contribution in [3.8, 4) is 0 Å². The van der Waals surface area contributed by atoms with Crippen molar-refractivity contribution in [2.24, 2.45) is 0 Å². The Morgan fingerprint density at radius 1 is 1.11 bits per heavy atom. The molecule has 0 radical (unpaired) electrons. The van der Waals surface area contributed by atoms with Gasteiger partial charge in [-0.05, 0) is 24.6 Å². The van der Waals surface area contributed by atoms with Crippen molar-refractivity contribution in [2.45, 2.75) is 31.7 Å². The first-order valence-electron chi connectivity index (χ1n) is 6.99. The lowest BCUT2D eigenvalue weighted by atomic mass is 10.0. The van der Waals surface area contributed by atoms with E-state index in [1.807, 2.05) is 12.1 Å². The number of hydrogen-bond acceptors (Lipinski definition) is 4. The van der Waals surface area contributed by atoms with Crippen LogP contribution >= 0.6 is 0 Å². The first kappa shape index (κ1) is 12.9. The topological polar surface area (TPSA) is 41.9 Å². The molecule has 4 heteroatoms. The Kier molecular flexibility index (Phi) is 3.48. The molecular formula is C15H21NO3. The summed E-state index contributed by atoms with van der Waals surface area (Å²) in [6, 6.07) is 8.15. The first-order valence-corrected chi connectivity index (χ1v) is 6.99. The highest BCUT2D eigenvalue weighted by Gasteiger charge is 2.39. The average molecular weight is 263 g/mol. The van der Waals surface area contributed by atoms with Gasteiger partial charge in [-0.1, -0.05) is 12.1 Å². The van der Waals surface area contributed by atoms with Gasteiger partial charge >= 0.3 is 0 Å². The van der Waals surface area contributed by atoms with E-state index in [0.29, 0.717) is 0 Å². The molecule has 0 bridgehead atoms. The molecular weight excluding hydrogens is 242 g/mol. The van der Waals surface area contributed by atoms with E-state index in [2.05, 4.69) is 17.0 Å². The van der Waals surface area contributed by atoms with Crippen molar-refractivity contribution in [3.05, 3.63) is 29.8 Å². The highest BCUT2D eigenvalue weighted by molar-refractivity contribution is 5.48. The Morgan fingerprint density at radius 3 is 2.21 bits per heavy atom. The summed E-state index contributed by atoms with van der Waals surface area (Å²) in [5.41, 5.74) is 2.16. The fourth-order valence-corrected chi connectivity index (χ4v) is 2.85. The van der Waals surface area contributed by atoms with Gasteiger partial charge in [0.2, 0.25) is 0 Å². The molecule has 104 valence electrons. The summed E-state index contributed by atoms with van der Waals surface area (Å²) < 4.78 is 11.5. The van der Waals surface area contributed by atoms with Crippen molar-refractivity contribution in [1.82, 2.24) is 0 Å². The standard InChI is InChI=1S/C15H21NO3/c1-12(17)13-2-4-14(5-3-13)16-8-6-15(7-9-16)18-10-11-19-15/h2-5,12,17H,6-11H2,1H3. The molecule has 1 N–H and O–H groups in total. The molecule has 1 aromatic rings. The number of aliphatic hydroxyl groups is 1. The second-order valence-corrected chi connectivity index (χ2v) is 5.36. The van der Waals surface area contributed by atoms with Gasteiger partial charge in [-0.25, -0.2) is 0 Å². The van der Waals surface area contributed by atoms with Gasteiger partial charge in [0.15, 0.2) is 5.79 Å². The normalized spacial score (nSPS) is 23.8. The number of benzene rings is 1. The summed E-state index contributed by atoms with van der Waals surface area (Å²) in [5.74, 6) is -0.309. The third-order valence-corrected chi connectivity index (χ3v) is 4.08. The number of nitrogens with zero attached hydrogens (tertiary/aromatic N) is 1. The smallest absolute Gasteiger partial charge is 0.171 e. The van der Waals surface area contributed by atoms with Crippen LogP contribution in [0.1, 0.15) is 31.4 Å². The monoisotopic (exact) mass is 263 g/mol. The predicted molar refractivity (Wildman–Crippen MR) is 73.2 cm³/mol. The van der Waals surface area contributed by atoms with Crippen LogP contribution in [-0.4, -0.2) is 37.2 Å². The Balaban J connectivity index is 1.64. The van der Waals surface area contributed by atoms with Gasteiger partial charge in [-0.15, -0.1) is 0 Å². The van der Waals surface area contributed by atoms with Crippen LogP contribution in [0.3, 0.4) is 0 Å². The second-order valence-electron chi connectivity index (χ2n) is 5.36. The lowest BCUT2D eigenvalue weighted by molar-refractivity contribution is -0.169. The summed E-state index contributed by atoms with van der Waals surface area (Å²) in [4.78, 5) is 2.35. The molecule has 2 aliphatic rings. The average Bonchev–Trinajstić information content (AvgIpc) is 2.88. The molecule has 1 unspecified atom stereocenters. The van der Waals surface area contributed by atoms with Crippen LogP contribution in [0.4, 0.5) is 5.69 Å². The summed E-state index contributed by atoms with van der Waals surface area (Å²) in [6.07, 6.45) is 1.44. The predicted octanol–water partition coefficient (Wildman–Crippen LogP) is 2.08. The van der Waals surface area contributed by atoms with Gasteiger partial charge in [-0.3, -0.25) is 0 Å². The van der Waals surface area contributed by atoms with Crippen molar-refractivity contribution in [2.75, 3.05) is 31.2 Å². The van der Waals surface area contributed by atoms with E-state index in [1.54, 1.807) is 6.92 Å². The molecule has 0 amide bonds. The van der Waals surface area contributed by atoms with Crippen LogP contribution in [0.5, 0.6) is 0 Å². The van der Waals surface area contributed by atoms with Crippen LogP contribution in [0.15, 0.2) is 24.3 Å². The molecule has 1 aromatic carbocycles. The van der Waals surface area contributed by atoms with Gasteiger partial charge in [0.05, 0.1) is 19.3 Å². The minimum Gasteiger partial charge on any atom is -0.389 e. The highest BCUT2D eigenvalue weighted by atomic mass is 16.7. The van der Waals surface area contributed by atoms with Crippen LogP contribution < -0.4 is 4.90 Å². The van der Waals surface area contributed by atoms with Gasteiger partial charge in [-0.2, -0.15) is 0 Å². The molecule has 19 heavy (non-hydrogen) atoms. The minimum atomic E-state index is -0.404.